The number of nitrogens with zero attached hydrogens (tertiary/aromatic N) is 2. The summed E-state index contributed by atoms with van der Waals surface area (Å²) in [6, 6.07) is 11.1. The summed E-state index contributed by atoms with van der Waals surface area (Å²) in [5, 5.41) is 8.59. The summed E-state index contributed by atoms with van der Waals surface area (Å²) in [4.78, 5) is 6.29. The van der Waals surface area contributed by atoms with Crippen LogP contribution in [0.2, 0.25) is 0 Å². The molecular weight excluding hydrogens is 284 g/mol. The molecule has 4 rings (SSSR count). The highest BCUT2D eigenvalue weighted by atomic mass is 15.2. The molecule has 0 spiro atoms. The number of nitrogens with one attached hydrogen (secondary N) is 2. The molecule has 1 aliphatic rings. The second kappa shape index (κ2) is 5.24. The minimum Gasteiger partial charge on any atom is -0.357 e. The average Bonchev–Trinajstić information content (AvgIpc) is 3.12. The van der Waals surface area contributed by atoms with Gasteiger partial charge in [0, 0.05) is 41.6 Å². The van der Waals surface area contributed by atoms with Crippen molar-refractivity contribution in [1.82, 2.24) is 20.1 Å². The van der Waals surface area contributed by atoms with Crippen molar-refractivity contribution in [3.8, 4) is 0 Å². The standard InChI is InChI=1S/C19H24N4/c1-19(2,3)18-17-15(14-6-4-5-7-16(14)21-17)9-11-23(18)12-13-8-10-20-22-13/h4-8,10,18,21H,9,11-12H2,1-3H3,(H,20,22). The maximum Gasteiger partial charge on any atom is 0.0554 e. The number of aromatic amines is 2. The Kier molecular flexibility index (Phi) is 3.31. The van der Waals surface area contributed by atoms with Gasteiger partial charge in [0.05, 0.1) is 6.04 Å². The fourth-order valence-corrected chi connectivity index (χ4v) is 4.03. The third-order valence-electron chi connectivity index (χ3n) is 4.89. The highest BCUT2D eigenvalue weighted by Gasteiger charge is 2.38. The molecule has 2 aromatic heterocycles. The van der Waals surface area contributed by atoms with Gasteiger partial charge in [0.25, 0.3) is 0 Å². The number of rotatable bonds is 2. The fourth-order valence-electron chi connectivity index (χ4n) is 4.03. The Hall–Kier alpha value is -2.07. The van der Waals surface area contributed by atoms with Gasteiger partial charge >= 0.3 is 0 Å². The van der Waals surface area contributed by atoms with Crippen molar-refractivity contribution in [3.63, 3.8) is 0 Å². The number of hydrogen-bond acceptors (Lipinski definition) is 2. The molecular formula is C19H24N4. The maximum atomic E-state index is 4.09. The number of hydrogen-bond donors (Lipinski definition) is 2. The Balaban J connectivity index is 1.79. The van der Waals surface area contributed by atoms with Crippen LogP contribution in [0.3, 0.4) is 0 Å². The van der Waals surface area contributed by atoms with Gasteiger partial charge in [0.2, 0.25) is 0 Å². The monoisotopic (exact) mass is 308 g/mol. The van der Waals surface area contributed by atoms with Crippen molar-refractivity contribution in [2.75, 3.05) is 6.54 Å². The molecule has 1 aliphatic heterocycles. The molecule has 4 nitrogen and oxygen atoms in total. The van der Waals surface area contributed by atoms with E-state index >= 15 is 0 Å². The van der Waals surface area contributed by atoms with E-state index in [1.807, 2.05) is 6.20 Å². The van der Waals surface area contributed by atoms with Gasteiger partial charge in [-0.15, -0.1) is 0 Å². The molecule has 1 atom stereocenters. The molecule has 3 heterocycles. The van der Waals surface area contributed by atoms with Crippen LogP contribution in [0.4, 0.5) is 0 Å². The third kappa shape index (κ3) is 2.47. The zero-order valence-corrected chi connectivity index (χ0v) is 14.1. The van der Waals surface area contributed by atoms with Gasteiger partial charge in [0.1, 0.15) is 0 Å². The van der Waals surface area contributed by atoms with Crippen LogP contribution in [0.25, 0.3) is 10.9 Å². The lowest BCUT2D eigenvalue weighted by Gasteiger charge is -2.43. The van der Waals surface area contributed by atoms with Gasteiger partial charge in [-0.3, -0.25) is 10.00 Å². The Morgan fingerprint density at radius 1 is 1.22 bits per heavy atom. The van der Waals surface area contributed by atoms with E-state index in [-0.39, 0.29) is 5.41 Å². The van der Waals surface area contributed by atoms with Crippen LogP contribution in [-0.4, -0.2) is 26.6 Å². The molecule has 0 radical (unpaired) electrons. The summed E-state index contributed by atoms with van der Waals surface area (Å²) in [5.74, 6) is 0. The second-order valence-corrected chi connectivity index (χ2v) is 7.63. The third-order valence-corrected chi connectivity index (χ3v) is 4.89. The molecule has 0 amide bonds. The van der Waals surface area contributed by atoms with E-state index in [9.17, 15) is 0 Å². The van der Waals surface area contributed by atoms with Crippen LogP contribution >= 0.6 is 0 Å². The summed E-state index contributed by atoms with van der Waals surface area (Å²) in [7, 11) is 0. The van der Waals surface area contributed by atoms with E-state index < -0.39 is 0 Å². The van der Waals surface area contributed by atoms with Gasteiger partial charge < -0.3 is 4.98 Å². The first kappa shape index (κ1) is 14.5. The van der Waals surface area contributed by atoms with Gasteiger partial charge in [-0.2, -0.15) is 5.10 Å². The highest BCUT2D eigenvalue weighted by Crippen LogP contribution is 2.44. The van der Waals surface area contributed by atoms with E-state index in [1.165, 1.54) is 27.9 Å². The summed E-state index contributed by atoms with van der Waals surface area (Å²) >= 11 is 0. The van der Waals surface area contributed by atoms with E-state index in [1.54, 1.807) is 0 Å². The van der Waals surface area contributed by atoms with Crippen LogP contribution in [-0.2, 0) is 13.0 Å². The molecule has 1 aromatic carbocycles. The number of para-hydroxylation sites is 1. The maximum absolute atomic E-state index is 4.09. The van der Waals surface area contributed by atoms with Crippen molar-refractivity contribution in [2.45, 2.75) is 39.8 Å². The lowest BCUT2D eigenvalue weighted by atomic mass is 9.79. The number of aromatic nitrogens is 3. The van der Waals surface area contributed by atoms with E-state index in [4.69, 9.17) is 0 Å². The summed E-state index contributed by atoms with van der Waals surface area (Å²) in [6.07, 6.45) is 2.93. The van der Waals surface area contributed by atoms with Gasteiger partial charge in [-0.05, 0) is 29.5 Å². The number of fused-ring (bicyclic) bond motifs is 3. The van der Waals surface area contributed by atoms with E-state index in [0.29, 0.717) is 6.04 Å². The van der Waals surface area contributed by atoms with Crippen LogP contribution < -0.4 is 0 Å². The Morgan fingerprint density at radius 3 is 2.78 bits per heavy atom. The van der Waals surface area contributed by atoms with Crippen LogP contribution in [0.1, 0.15) is 43.8 Å². The molecule has 4 heteroatoms. The van der Waals surface area contributed by atoms with Gasteiger partial charge in [-0.25, -0.2) is 0 Å². The topological polar surface area (TPSA) is 47.7 Å². The lowest BCUT2D eigenvalue weighted by molar-refractivity contribution is 0.0781. The minimum absolute atomic E-state index is 0.163. The normalized spacial score (nSPS) is 19.2. The molecule has 0 fully saturated rings. The first-order valence-electron chi connectivity index (χ1n) is 8.36. The molecule has 120 valence electrons. The van der Waals surface area contributed by atoms with Crippen LogP contribution in [0.5, 0.6) is 0 Å². The van der Waals surface area contributed by atoms with E-state index in [2.05, 4.69) is 71.2 Å². The highest BCUT2D eigenvalue weighted by molar-refractivity contribution is 5.85. The van der Waals surface area contributed by atoms with Crippen molar-refractivity contribution in [2.24, 2.45) is 5.41 Å². The predicted octanol–water partition coefficient (Wildman–Crippen LogP) is 4.04. The first-order valence-corrected chi connectivity index (χ1v) is 8.36. The molecule has 23 heavy (non-hydrogen) atoms. The van der Waals surface area contributed by atoms with Crippen LogP contribution in [0.15, 0.2) is 36.5 Å². The van der Waals surface area contributed by atoms with Gasteiger partial charge in [0.15, 0.2) is 0 Å². The Morgan fingerprint density at radius 2 is 2.04 bits per heavy atom. The Bertz CT molecular complexity index is 808. The average molecular weight is 308 g/mol. The van der Waals surface area contributed by atoms with Crippen LogP contribution in [0, 0.1) is 5.41 Å². The smallest absolute Gasteiger partial charge is 0.0554 e. The first-order chi connectivity index (χ1) is 11.0. The molecule has 1 unspecified atom stereocenters. The number of H-pyrrole nitrogens is 2. The summed E-state index contributed by atoms with van der Waals surface area (Å²) in [6.45, 7) is 8.99. The number of benzene rings is 1. The zero-order chi connectivity index (χ0) is 16.0. The van der Waals surface area contributed by atoms with Crippen molar-refractivity contribution < 1.29 is 0 Å². The van der Waals surface area contributed by atoms with Crippen molar-refractivity contribution in [1.29, 1.82) is 0 Å². The SMILES string of the molecule is CC(C)(C)C1c2[nH]c3ccccc3c2CCN1Cc1ccn[nH]1. The molecule has 0 aliphatic carbocycles. The predicted molar refractivity (Wildman–Crippen MR) is 93.2 cm³/mol. The fraction of sp³-hybridized carbons (Fsp3) is 0.421. The lowest BCUT2D eigenvalue weighted by Crippen LogP contribution is -2.41. The van der Waals surface area contributed by atoms with E-state index in [0.717, 1.165) is 19.5 Å². The van der Waals surface area contributed by atoms with Crippen molar-refractivity contribution >= 4 is 10.9 Å². The Labute approximate surface area is 136 Å². The van der Waals surface area contributed by atoms with Crippen molar-refractivity contribution in [3.05, 3.63) is 53.5 Å². The molecule has 0 bridgehead atoms. The molecule has 0 saturated carbocycles. The quantitative estimate of drug-likeness (QED) is 0.750. The summed E-state index contributed by atoms with van der Waals surface area (Å²) < 4.78 is 0. The second-order valence-electron chi connectivity index (χ2n) is 7.63. The largest absolute Gasteiger partial charge is 0.357 e. The molecule has 3 aromatic rings. The van der Waals surface area contributed by atoms with Gasteiger partial charge in [-0.1, -0.05) is 39.0 Å². The summed E-state index contributed by atoms with van der Waals surface area (Å²) in [5.41, 5.74) is 5.50. The minimum atomic E-state index is 0.163. The zero-order valence-electron chi connectivity index (χ0n) is 14.1. The molecule has 2 N–H and O–H groups in total. The molecule has 0 saturated heterocycles.